The fourth-order valence-corrected chi connectivity index (χ4v) is 1.44. The molecule has 17 heavy (non-hydrogen) atoms. The van der Waals surface area contributed by atoms with Gasteiger partial charge in [0.2, 0.25) is 0 Å². The highest BCUT2D eigenvalue weighted by Gasteiger charge is 2.12. The van der Waals surface area contributed by atoms with E-state index in [4.69, 9.17) is 5.84 Å². The maximum Gasteiger partial charge on any atom is 0.257 e. The summed E-state index contributed by atoms with van der Waals surface area (Å²) >= 11 is 0. The van der Waals surface area contributed by atoms with Crippen molar-refractivity contribution in [3.8, 4) is 0 Å². The molecule has 0 saturated carbocycles. The molecule has 1 amide bonds. The summed E-state index contributed by atoms with van der Waals surface area (Å²) in [5.74, 6) is 5.08. The molecule has 0 atom stereocenters. The highest BCUT2D eigenvalue weighted by Crippen LogP contribution is 2.18. The van der Waals surface area contributed by atoms with Gasteiger partial charge in [0.05, 0.1) is 17.4 Å². The molecule has 6 heteroatoms. The number of amides is 1. The van der Waals surface area contributed by atoms with Gasteiger partial charge in [-0.05, 0) is 19.1 Å². The molecule has 0 spiro atoms. The van der Waals surface area contributed by atoms with Gasteiger partial charge in [-0.2, -0.15) is 0 Å². The zero-order valence-electron chi connectivity index (χ0n) is 9.23. The normalized spacial score (nSPS) is 10.0. The first-order valence-electron chi connectivity index (χ1n) is 4.98. The maximum atomic E-state index is 12.0. The number of hydrogen-bond acceptors (Lipinski definition) is 5. The lowest BCUT2D eigenvalue weighted by atomic mass is 10.1. The molecule has 88 valence electrons. The van der Waals surface area contributed by atoms with Gasteiger partial charge in [-0.3, -0.25) is 10.6 Å². The SMILES string of the molecule is Cc1ccc(NN)c(C(=O)Nc2cnoc2)c1. The minimum atomic E-state index is -0.273. The Morgan fingerprint density at radius 2 is 2.29 bits per heavy atom. The van der Waals surface area contributed by atoms with Gasteiger partial charge in [0.1, 0.15) is 12.0 Å². The Morgan fingerprint density at radius 1 is 1.47 bits per heavy atom. The van der Waals surface area contributed by atoms with Crippen molar-refractivity contribution >= 4 is 17.3 Å². The van der Waals surface area contributed by atoms with Crippen LogP contribution in [0.1, 0.15) is 15.9 Å². The van der Waals surface area contributed by atoms with Crippen LogP contribution in [-0.4, -0.2) is 11.1 Å². The average Bonchev–Trinajstić information content (AvgIpc) is 2.81. The van der Waals surface area contributed by atoms with Crippen LogP contribution in [0.4, 0.5) is 11.4 Å². The fourth-order valence-electron chi connectivity index (χ4n) is 1.44. The maximum absolute atomic E-state index is 12.0. The van der Waals surface area contributed by atoms with Gasteiger partial charge >= 0.3 is 0 Å². The highest BCUT2D eigenvalue weighted by molar-refractivity contribution is 6.08. The minimum Gasteiger partial charge on any atom is -0.363 e. The van der Waals surface area contributed by atoms with Gasteiger partial charge in [-0.1, -0.05) is 16.8 Å². The molecule has 1 aromatic carbocycles. The van der Waals surface area contributed by atoms with Crippen molar-refractivity contribution in [2.75, 3.05) is 10.7 Å². The van der Waals surface area contributed by atoms with E-state index in [1.165, 1.54) is 12.5 Å². The third-order valence-corrected chi connectivity index (χ3v) is 2.27. The summed E-state index contributed by atoms with van der Waals surface area (Å²) in [7, 11) is 0. The lowest BCUT2D eigenvalue weighted by Gasteiger charge is -2.09. The predicted molar refractivity (Wildman–Crippen MR) is 63.4 cm³/mol. The summed E-state index contributed by atoms with van der Waals surface area (Å²) in [6, 6.07) is 5.36. The fraction of sp³-hybridized carbons (Fsp3) is 0.0909. The summed E-state index contributed by atoms with van der Waals surface area (Å²) in [6.07, 6.45) is 2.77. The second-order valence-electron chi connectivity index (χ2n) is 3.56. The number of carbonyl (C=O) groups is 1. The largest absolute Gasteiger partial charge is 0.363 e. The summed E-state index contributed by atoms with van der Waals surface area (Å²) in [4.78, 5) is 12.0. The van der Waals surface area contributed by atoms with Crippen LogP contribution >= 0.6 is 0 Å². The van der Waals surface area contributed by atoms with E-state index in [9.17, 15) is 4.79 Å². The van der Waals surface area contributed by atoms with Gasteiger partial charge in [0, 0.05) is 0 Å². The zero-order valence-corrected chi connectivity index (χ0v) is 9.23. The Morgan fingerprint density at radius 3 is 2.94 bits per heavy atom. The number of carbonyl (C=O) groups excluding carboxylic acids is 1. The van der Waals surface area contributed by atoms with E-state index in [-0.39, 0.29) is 5.91 Å². The van der Waals surface area contributed by atoms with Crippen molar-refractivity contribution in [1.29, 1.82) is 0 Å². The van der Waals surface area contributed by atoms with E-state index in [0.29, 0.717) is 16.9 Å². The number of aromatic nitrogens is 1. The molecule has 2 aromatic rings. The average molecular weight is 232 g/mol. The Bertz CT molecular complexity index is 522. The second-order valence-corrected chi connectivity index (χ2v) is 3.56. The highest BCUT2D eigenvalue weighted by atomic mass is 16.5. The summed E-state index contributed by atoms with van der Waals surface area (Å²) in [5.41, 5.74) is 4.98. The number of hydrogen-bond donors (Lipinski definition) is 3. The van der Waals surface area contributed by atoms with E-state index in [1.807, 2.05) is 13.0 Å². The first-order chi connectivity index (χ1) is 8.20. The number of aryl methyl sites for hydroxylation is 1. The quantitative estimate of drug-likeness (QED) is 0.551. The molecule has 1 aromatic heterocycles. The zero-order chi connectivity index (χ0) is 12.3. The molecular formula is C11H12N4O2. The number of nitrogens with one attached hydrogen (secondary N) is 2. The number of rotatable bonds is 3. The number of hydrazine groups is 1. The number of benzene rings is 1. The molecule has 0 radical (unpaired) electrons. The van der Waals surface area contributed by atoms with Crippen molar-refractivity contribution in [3.63, 3.8) is 0 Å². The smallest absolute Gasteiger partial charge is 0.257 e. The van der Waals surface area contributed by atoms with Gasteiger partial charge in [0.15, 0.2) is 0 Å². The first-order valence-corrected chi connectivity index (χ1v) is 4.98. The summed E-state index contributed by atoms with van der Waals surface area (Å²) in [6.45, 7) is 1.90. The van der Waals surface area contributed by atoms with E-state index in [0.717, 1.165) is 5.56 Å². The van der Waals surface area contributed by atoms with E-state index in [2.05, 4.69) is 20.4 Å². The molecule has 4 N–H and O–H groups in total. The number of anilines is 2. The van der Waals surface area contributed by atoms with Crippen LogP contribution in [0.2, 0.25) is 0 Å². The summed E-state index contributed by atoms with van der Waals surface area (Å²) < 4.78 is 4.63. The van der Waals surface area contributed by atoms with Gasteiger partial charge < -0.3 is 15.3 Å². The third-order valence-electron chi connectivity index (χ3n) is 2.27. The minimum absolute atomic E-state index is 0.273. The van der Waals surface area contributed by atoms with E-state index in [1.54, 1.807) is 12.1 Å². The number of nitrogen functional groups attached to an aromatic ring is 1. The molecule has 0 unspecified atom stereocenters. The molecule has 0 saturated heterocycles. The lowest BCUT2D eigenvalue weighted by molar-refractivity contribution is 0.102. The van der Waals surface area contributed by atoms with E-state index < -0.39 is 0 Å². The monoisotopic (exact) mass is 232 g/mol. The number of nitrogens with two attached hydrogens (primary N) is 1. The van der Waals surface area contributed by atoms with Crippen LogP contribution in [0.25, 0.3) is 0 Å². The van der Waals surface area contributed by atoms with Gasteiger partial charge in [-0.25, -0.2) is 0 Å². The standard InChI is InChI=1S/C11H12N4O2/c1-7-2-3-10(15-12)9(4-7)11(16)14-8-5-13-17-6-8/h2-6,15H,12H2,1H3,(H,14,16). The van der Waals surface area contributed by atoms with Crippen LogP contribution < -0.4 is 16.6 Å². The van der Waals surface area contributed by atoms with Crippen LogP contribution in [-0.2, 0) is 0 Å². The molecular weight excluding hydrogens is 220 g/mol. The Balaban J connectivity index is 2.26. The Hall–Kier alpha value is -2.34. The van der Waals surface area contributed by atoms with Crippen LogP contribution in [0.15, 0.2) is 35.2 Å². The van der Waals surface area contributed by atoms with Crippen LogP contribution in [0.3, 0.4) is 0 Å². The van der Waals surface area contributed by atoms with Gasteiger partial charge in [-0.15, -0.1) is 0 Å². The van der Waals surface area contributed by atoms with Crippen LogP contribution in [0.5, 0.6) is 0 Å². The topological polar surface area (TPSA) is 93.2 Å². The first kappa shape index (κ1) is 11.2. The van der Waals surface area contributed by atoms with Crippen molar-refractivity contribution in [2.24, 2.45) is 5.84 Å². The molecule has 0 aliphatic rings. The molecule has 0 aliphatic carbocycles. The molecule has 0 aliphatic heterocycles. The van der Waals surface area contributed by atoms with Gasteiger partial charge in [0.25, 0.3) is 5.91 Å². The van der Waals surface area contributed by atoms with Crippen molar-refractivity contribution in [2.45, 2.75) is 6.92 Å². The molecule has 1 heterocycles. The molecule has 2 rings (SSSR count). The number of nitrogens with zero attached hydrogens (tertiary/aromatic N) is 1. The lowest BCUT2D eigenvalue weighted by Crippen LogP contribution is -2.17. The molecule has 0 fully saturated rings. The second kappa shape index (κ2) is 4.67. The third kappa shape index (κ3) is 2.43. The Kier molecular flexibility index (Phi) is 3.06. The van der Waals surface area contributed by atoms with Crippen molar-refractivity contribution in [1.82, 2.24) is 5.16 Å². The molecule has 0 bridgehead atoms. The molecule has 6 nitrogen and oxygen atoms in total. The Labute approximate surface area is 97.8 Å². The summed E-state index contributed by atoms with van der Waals surface area (Å²) in [5, 5.41) is 6.15. The van der Waals surface area contributed by atoms with Crippen molar-refractivity contribution < 1.29 is 9.32 Å². The van der Waals surface area contributed by atoms with Crippen LogP contribution in [0, 0.1) is 6.92 Å². The van der Waals surface area contributed by atoms with E-state index >= 15 is 0 Å². The predicted octanol–water partition coefficient (Wildman–Crippen LogP) is 1.52. The van der Waals surface area contributed by atoms with Crippen molar-refractivity contribution in [3.05, 3.63) is 41.8 Å².